The first kappa shape index (κ1) is 25.2. The summed E-state index contributed by atoms with van der Waals surface area (Å²) in [6, 6.07) is 6.05. The van der Waals surface area contributed by atoms with Gasteiger partial charge in [0.1, 0.15) is 13.4 Å². The SMILES string of the molecule is COCO[C@H](C)CON=C(C(=O)Nc1ncc(COC)s1)c1ccc(S(=O)(=O)C2CC2)cc1. The molecule has 1 saturated carbocycles. The van der Waals surface area contributed by atoms with Gasteiger partial charge in [-0.1, -0.05) is 28.6 Å². The maximum Gasteiger partial charge on any atom is 0.280 e. The summed E-state index contributed by atoms with van der Waals surface area (Å²) in [5.41, 5.74) is 0.384. The number of nitrogens with zero attached hydrogens (tertiary/aromatic N) is 2. The van der Waals surface area contributed by atoms with Gasteiger partial charge in [0.2, 0.25) is 0 Å². The zero-order valence-electron chi connectivity index (χ0n) is 18.6. The summed E-state index contributed by atoms with van der Waals surface area (Å²) in [5, 5.41) is 6.77. The Hall–Kier alpha value is -2.38. The Morgan fingerprint density at radius 3 is 2.61 bits per heavy atom. The predicted octanol–water partition coefficient (Wildman–Crippen LogP) is 2.59. The number of aromatic nitrogens is 1. The molecule has 10 nitrogen and oxygen atoms in total. The standard InChI is InChI=1S/C21H27N3O7S2/c1-14(30-13-29-3)11-31-24-19(20(25)23-21-22-10-16(32-21)12-28-2)15-4-6-17(7-5-15)33(26,27)18-8-9-18/h4-7,10,14,18H,8-9,11-13H2,1-3H3,(H,22,23,25)/t14-/m1/s1. The van der Waals surface area contributed by atoms with Crippen LogP contribution in [0, 0.1) is 0 Å². The Kier molecular flexibility index (Phi) is 8.92. The van der Waals surface area contributed by atoms with Crippen molar-refractivity contribution >= 4 is 37.9 Å². The Morgan fingerprint density at radius 1 is 1.24 bits per heavy atom. The number of carbonyl (C=O) groups is 1. The number of anilines is 1. The van der Waals surface area contributed by atoms with Gasteiger partial charge in [-0.3, -0.25) is 10.1 Å². The molecule has 3 rings (SSSR count). The van der Waals surface area contributed by atoms with E-state index < -0.39 is 15.7 Å². The van der Waals surface area contributed by atoms with Gasteiger partial charge in [0.15, 0.2) is 20.7 Å². The van der Waals surface area contributed by atoms with E-state index >= 15 is 0 Å². The highest BCUT2D eigenvalue weighted by Gasteiger charge is 2.36. The molecule has 1 aliphatic carbocycles. The lowest BCUT2D eigenvalue weighted by Crippen LogP contribution is -2.25. The first-order valence-electron chi connectivity index (χ1n) is 10.2. The van der Waals surface area contributed by atoms with E-state index in [1.807, 2.05) is 0 Å². The quantitative estimate of drug-likeness (QED) is 0.254. The number of amides is 1. The van der Waals surface area contributed by atoms with Crippen LogP contribution in [0.15, 0.2) is 40.5 Å². The van der Waals surface area contributed by atoms with Crippen molar-refractivity contribution in [3.63, 3.8) is 0 Å². The lowest BCUT2D eigenvalue weighted by atomic mass is 10.1. The lowest BCUT2D eigenvalue weighted by molar-refractivity contribution is -0.110. The summed E-state index contributed by atoms with van der Waals surface area (Å²) in [6.45, 7) is 2.35. The number of nitrogens with one attached hydrogen (secondary N) is 1. The van der Waals surface area contributed by atoms with Crippen molar-refractivity contribution < 1.29 is 32.3 Å². The number of hydrogen-bond acceptors (Lipinski definition) is 10. The summed E-state index contributed by atoms with van der Waals surface area (Å²) in [6.07, 6.45) is 2.65. The molecule has 0 spiro atoms. The molecule has 1 fully saturated rings. The number of ether oxygens (including phenoxy) is 3. The average molecular weight is 498 g/mol. The topological polar surface area (TPSA) is 125 Å². The Bertz CT molecular complexity index is 1060. The minimum atomic E-state index is -3.34. The molecular formula is C21H27N3O7S2. The second-order valence-electron chi connectivity index (χ2n) is 7.41. The first-order valence-corrected chi connectivity index (χ1v) is 12.6. The smallest absolute Gasteiger partial charge is 0.280 e. The van der Waals surface area contributed by atoms with Crippen LogP contribution >= 0.6 is 11.3 Å². The monoisotopic (exact) mass is 497 g/mol. The van der Waals surface area contributed by atoms with Crippen molar-refractivity contribution in [2.24, 2.45) is 5.16 Å². The van der Waals surface area contributed by atoms with Crippen molar-refractivity contribution in [3.8, 4) is 0 Å². The molecular weight excluding hydrogens is 470 g/mol. The summed E-state index contributed by atoms with van der Waals surface area (Å²) < 4.78 is 40.2. The molecule has 0 bridgehead atoms. The number of thiazole rings is 1. The summed E-state index contributed by atoms with van der Waals surface area (Å²) in [5.74, 6) is -0.545. The van der Waals surface area contributed by atoms with E-state index in [0.29, 0.717) is 30.1 Å². The van der Waals surface area contributed by atoms with E-state index in [0.717, 1.165) is 4.88 Å². The number of benzene rings is 1. The molecule has 1 amide bonds. The minimum Gasteiger partial charge on any atom is -0.392 e. The molecule has 12 heteroatoms. The molecule has 1 atom stereocenters. The molecule has 0 aliphatic heterocycles. The summed E-state index contributed by atoms with van der Waals surface area (Å²) >= 11 is 1.28. The van der Waals surface area contributed by atoms with Gasteiger partial charge in [-0.2, -0.15) is 0 Å². The van der Waals surface area contributed by atoms with Crippen LogP contribution in [0.3, 0.4) is 0 Å². The number of sulfone groups is 1. The lowest BCUT2D eigenvalue weighted by Gasteiger charge is -2.12. The summed E-state index contributed by atoms with van der Waals surface area (Å²) in [7, 11) is -0.251. The van der Waals surface area contributed by atoms with E-state index in [1.54, 1.807) is 32.4 Å². The molecule has 1 aromatic carbocycles. The van der Waals surface area contributed by atoms with Gasteiger partial charge < -0.3 is 19.0 Å². The van der Waals surface area contributed by atoms with Crippen LogP contribution in [0.4, 0.5) is 5.13 Å². The van der Waals surface area contributed by atoms with Crippen LogP contribution in [-0.4, -0.2) is 64.0 Å². The van der Waals surface area contributed by atoms with E-state index in [4.69, 9.17) is 19.0 Å². The predicted molar refractivity (Wildman–Crippen MR) is 123 cm³/mol. The fourth-order valence-corrected chi connectivity index (χ4v) is 5.20. The van der Waals surface area contributed by atoms with Gasteiger partial charge in [0, 0.05) is 26.0 Å². The largest absolute Gasteiger partial charge is 0.392 e. The number of carbonyl (C=O) groups excluding carboxylic acids is 1. The number of oxime groups is 1. The molecule has 180 valence electrons. The van der Waals surface area contributed by atoms with Gasteiger partial charge in [0.25, 0.3) is 5.91 Å². The van der Waals surface area contributed by atoms with Gasteiger partial charge >= 0.3 is 0 Å². The molecule has 0 unspecified atom stereocenters. The molecule has 1 aliphatic rings. The number of hydrogen-bond donors (Lipinski definition) is 1. The highest BCUT2D eigenvalue weighted by molar-refractivity contribution is 7.92. The van der Waals surface area contributed by atoms with Crippen LogP contribution < -0.4 is 5.32 Å². The molecule has 1 aromatic heterocycles. The third-order valence-corrected chi connectivity index (χ3v) is 7.80. The minimum absolute atomic E-state index is 0.0206. The van der Waals surface area contributed by atoms with Gasteiger partial charge in [0.05, 0.1) is 27.7 Å². The van der Waals surface area contributed by atoms with E-state index in [1.165, 1.54) is 30.6 Å². The van der Waals surface area contributed by atoms with Crippen molar-refractivity contribution in [2.45, 2.75) is 42.6 Å². The number of methoxy groups -OCH3 is 2. The van der Waals surface area contributed by atoms with Crippen LogP contribution in [0.25, 0.3) is 0 Å². The third-order valence-electron chi connectivity index (χ3n) is 4.63. The molecule has 33 heavy (non-hydrogen) atoms. The zero-order chi connectivity index (χ0) is 23.8. The molecule has 0 radical (unpaired) electrons. The van der Waals surface area contributed by atoms with Crippen molar-refractivity contribution in [3.05, 3.63) is 40.9 Å². The Morgan fingerprint density at radius 2 is 1.97 bits per heavy atom. The first-order chi connectivity index (χ1) is 15.8. The van der Waals surface area contributed by atoms with E-state index in [-0.39, 0.29) is 35.4 Å². The summed E-state index contributed by atoms with van der Waals surface area (Å²) in [4.78, 5) is 23.6. The Labute approximate surface area is 196 Å². The second-order valence-corrected chi connectivity index (χ2v) is 10.8. The maximum absolute atomic E-state index is 13.0. The number of rotatable bonds is 13. The van der Waals surface area contributed by atoms with Crippen molar-refractivity contribution in [2.75, 3.05) is 32.9 Å². The molecule has 2 aromatic rings. The van der Waals surface area contributed by atoms with Crippen LogP contribution in [0.1, 0.15) is 30.2 Å². The van der Waals surface area contributed by atoms with Crippen molar-refractivity contribution in [1.82, 2.24) is 4.98 Å². The second kappa shape index (κ2) is 11.7. The van der Waals surface area contributed by atoms with Crippen molar-refractivity contribution in [1.29, 1.82) is 0 Å². The highest BCUT2D eigenvalue weighted by Crippen LogP contribution is 2.33. The van der Waals surface area contributed by atoms with Gasteiger partial charge in [-0.15, -0.1) is 0 Å². The zero-order valence-corrected chi connectivity index (χ0v) is 20.3. The van der Waals surface area contributed by atoms with Gasteiger partial charge in [-0.05, 0) is 31.9 Å². The average Bonchev–Trinajstić information content (AvgIpc) is 3.58. The molecule has 1 N–H and O–H groups in total. The Balaban J connectivity index is 1.78. The van der Waals surface area contributed by atoms with E-state index in [2.05, 4.69) is 15.5 Å². The highest BCUT2D eigenvalue weighted by atomic mass is 32.2. The fraction of sp³-hybridized carbons (Fsp3) is 0.476. The third kappa shape index (κ3) is 7.05. The van der Waals surface area contributed by atoms with Crippen LogP contribution in [0.5, 0.6) is 0 Å². The fourth-order valence-electron chi connectivity index (χ4n) is 2.77. The van der Waals surface area contributed by atoms with Gasteiger partial charge in [-0.25, -0.2) is 13.4 Å². The molecule has 0 saturated heterocycles. The van der Waals surface area contributed by atoms with Crippen LogP contribution in [-0.2, 0) is 40.3 Å². The maximum atomic E-state index is 13.0. The van der Waals surface area contributed by atoms with Crippen LogP contribution in [0.2, 0.25) is 0 Å². The van der Waals surface area contributed by atoms with E-state index in [9.17, 15) is 13.2 Å². The molecule has 1 heterocycles. The normalized spacial score (nSPS) is 15.3.